The molecule has 92 valence electrons. The number of benzene rings is 1. The van der Waals surface area contributed by atoms with Crippen LogP contribution in [0.3, 0.4) is 0 Å². The van der Waals surface area contributed by atoms with Crippen LogP contribution in [0.15, 0.2) is 18.2 Å². The lowest BCUT2D eigenvalue weighted by atomic mass is 10.2. The smallest absolute Gasteiger partial charge is 0.227 e. The van der Waals surface area contributed by atoms with Gasteiger partial charge in [0.1, 0.15) is 11.4 Å². The molecule has 0 aliphatic carbocycles. The van der Waals surface area contributed by atoms with Gasteiger partial charge in [0.2, 0.25) is 5.91 Å². The van der Waals surface area contributed by atoms with Gasteiger partial charge in [0.15, 0.2) is 5.82 Å². The summed E-state index contributed by atoms with van der Waals surface area (Å²) in [5.74, 6) is 0.145. The zero-order valence-corrected chi connectivity index (χ0v) is 11.0. The van der Waals surface area contributed by atoms with Gasteiger partial charge in [-0.25, -0.2) is 4.39 Å². The van der Waals surface area contributed by atoms with E-state index in [0.29, 0.717) is 18.7 Å². The van der Waals surface area contributed by atoms with E-state index in [1.807, 2.05) is 0 Å². The van der Waals surface area contributed by atoms with E-state index in [1.54, 1.807) is 12.1 Å². The molecule has 1 aliphatic rings. The summed E-state index contributed by atoms with van der Waals surface area (Å²) in [6, 6.07) is 4.57. The Hall–Kier alpha value is -1.10. The van der Waals surface area contributed by atoms with E-state index < -0.39 is 5.82 Å². The molecule has 1 saturated heterocycles. The van der Waals surface area contributed by atoms with Crippen molar-refractivity contribution in [2.24, 2.45) is 5.92 Å². The van der Waals surface area contributed by atoms with E-state index in [9.17, 15) is 9.18 Å². The third-order valence-electron chi connectivity index (χ3n) is 2.86. The molecule has 5 heteroatoms. The number of carbonyl (C=O) groups is 1. The Labute approximate surface area is 108 Å². The quantitative estimate of drug-likeness (QED) is 0.803. The molecule has 17 heavy (non-hydrogen) atoms. The molecule has 1 heterocycles. The summed E-state index contributed by atoms with van der Waals surface area (Å²) in [6.07, 6.45) is 0.447. The minimum atomic E-state index is -0.423. The average molecular weight is 302 g/mol. The van der Waals surface area contributed by atoms with Crippen molar-refractivity contribution in [2.75, 3.05) is 23.9 Å². The summed E-state index contributed by atoms with van der Waals surface area (Å²) in [6.45, 7) is 0.529. The predicted molar refractivity (Wildman–Crippen MR) is 67.2 cm³/mol. The number of para-hydroxylation sites is 1. The molecule has 0 saturated carbocycles. The van der Waals surface area contributed by atoms with Crippen molar-refractivity contribution in [2.45, 2.75) is 6.42 Å². The number of hydrogen-bond acceptors (Lipinski definition) is 2. The molecule has 1 aromatic rings. The van der Waals surface area contributed by atoms with Gasteiger partial charge in [-0.05, 0) is 18.1 Å². The van der Waals surface area contributed by atoms with Gasteiger partial charge in [0.25, 0.3) is 0 Å². The second kappa shape index (κ2) is 5.04. The van der Waals surface area contributed by atoms with Crippen LogP contribution in [-0.2, 0) is 4.79 Å². The van der Waals surface area contributed by atoms with Crippen LogP contribution in [0.5, 0.6) is 5.75 Å². The Balaban J connectivity index is 2.37. The highest BCUT2D eigenvalue weighted by molar-refractivity contribution is 9.09. The number of rotatable bonds is 3. The van der Waals surface area contributed by atoms with Crippen LogP contribution in [0.2, 0.25) is 0 Å². The summed E-state index contributed by atoms with van der Waals surface area (Å²) >= 11 is 3.35. The molecule has 3 nitrogen and oxygen atoms in total. The number of nitrogens with zero attached hydrogens (tertiary/aromatic N) is 1. The summed E-state index contributed by atoms with van der Waals surface area (Å²) in [4.78, 5) is 13.3. The van der Waals surface area contributed by atoms with Gasteiger partial charge in [-0.3, -0.25) is 4.79 Å². The summed E-state index contributed by atoms with van der Waals surface area (Å²) < 4.78 is 18.9. The number of halogens is 2. The topological polar surface area (TPSA) is 29.5 Å². The third kappa shape index (κ3) is 2.29. The fourth-order valence-corrected chi connectivity index (χ4v) is 2.46. The minimum absolute atomic E-state index is 0.0575. The molecule has 1 aliphatic heterocycles. The van der Waals surface area contributed by atoms with Crippen LogP contribution >= 0.6 is 15.9 Å². The largest absolute Gasteiger partial charge is 0.494 e. The molecular weight excluding hydrogens is 289 g/mol. The fraction of sp³-hybridized carbons (Fsp3) is 0.417. The van der Waals surface area contributed by atoms with E-state index in [1.165, 1.54) is 18.1 Å². The monoisotopic (exact) mass is 301 g/mol. The zero-order chi connectivity index (χ0) is 12.4. The van der Waals surface area contributed by atoms with Crippen LogP contribution in [0.1, 0.15) is 6.42 Å². The van der Waals surface area contributed by atoms with Gasteiger partial charge in [0.05, 0.1) is 7.11 Å². The first-order valence-electron chi connectivity index (χ1n) is 5.36. The van der Waals surface area contributed by atoms with Crippen LogP contribution < -0.4 is 9.64 Å². The fourth-order valence-electron chi connectivity index (χ4n) is 2.02. The molecule has 0 bridgehead atoms. The molecule has 1 amide bonds. The van der Waals surface area contributed by atoms with Crippen LogP contribution in [-0.4, -0.2) is 24.9 Å². The summed E-state index contributed by atoms with van der Waals surface area (Å²) in [5.41, 5.74) is 0.253. The van der Waals surface area contributed by atoms with Gasteiger partial charge in [-0.15, -0.1) is 0 Å². The van der Waals surface area contributed by atoms with Crippen LogP contribution in [0.25, 0.3) is 0 Å². The normalized spacial score (nSPS) is 19.8. The number of ether oxygens (including phenoxy) is 1. The number of amides is 1. The van der Waals surface area contributed by atoms with Crippen molar-refractivity contribution in [1.82, 2.24) is 0 Å². The molecule has 1 fully saturated rings. The molecule has 0 spiro atoms. The van der Waals surface area contributed by atoms with Crippen molar-refractivity contribution in [3.8, 4) is 5.75 Å². The molecule has 1 aromatic carbocycles. The molecule has 0 N–H and O–H groups in total. The zero-order valence-electron chi connectivity index (χ0n) is 9.45. The first-order chi connectivity index (χ1) is 8.17. The number of alkyl halides is 1. The van der Waals surface area contributed by atoms with E-state index >= 15 is 0 Å². The van der Waals surface area contributed by atoms with Crippen molar-refractivity contribution in [3.63, 3.8) is 0 Å². The Morgan fingerprint density at radius 2 is 2.35 bits per heavy atom. The molecule has 2 rings (SSSR count). The second-order valence-electron chi connectivity index (χ2n) is 4.02. The molecule has 1 atom stereocenters. The Kier molecular flexibility index (Phi) is 3.66. The van der Waals surface area contributed by atoms with Gasteiger partial charge in [-0.1, -0.05) is 22.0 Å². The summed E-state index contributed by atoms with van der Waals surface area (Å²) in [5, 5.41) is 0.742. The molecule has 0 radical (unpaired) electrons. The lowest BCUT2D eigenvalue weighted by Crippen LogP contribution is -2.26. The Morgan fingerprint density at radius 1 is 1.59 bits per heavy atom. The Bertz CT molecular complexity index is 439. The first kappa shape index (κ1) is 12.4. The van der Waals surface area contributed by atoms with Gasteiger partial charge < -0.3 is 9.64 Å². The predicted octanol–water partition coefficient (Wildman–Crippen LogP) is 2.58. The van der Waals surface area contributed by atoms with Crippen molar-refractivity contribution in [3.05, 3.63) is 24.0 Å². The first-order valence-corrected chi connectivity index (χ1v) is 6.48. The number of anilines is 1. The maximum Gasteiger partial charge on any atom is 0.227 e. The minimum Gasteiger partial charge on any atom is -0.494 e. The lowest BCUT2D eigenvalue weighted by molar-refractivity contribution is -0.117. The van der Waals surface area contributed by atoms with Gasteiger partial charge in [0, 0.05) is 18.3 Å². The number of carbonyl (C=O) groups excluding carboxylic acids is 1. The maximum absolute atomic E-state index is 13.8. The van der Waals surface area contributed by atoms with Gasteiger partial charge in [-0.2, -0.15) is 0 Å². The second-order valence-corrected chi connectivity index (χ2v) is 4.67. The van der Waals surface area contributed by atoms with Crippen molar-refractivity contribution in [1.29, 1.82) is 0 Å². The van der Waals surface area contributed by atoms with E-state index in [4.69, 9.17) is 4.74 Å². The SMILES string of the molecule is COc1cccc(F)c1N1CC(CBr)CC1=O. The lowest BCUT2D eigenvalue weighted by Gasteiger charge is -2.19. The number of methoxy groups -OCH3 is 1. The summed E-state index contributed by atoms with van der Waals surface area (Å²) in [7, 11) is 1.47. The van der Waals surface area contributed by atoms with Crippen molar-refractivity contribution < 1.29 is 13.9 Å². The Morgan fingerprint density at radius 3 is 2.94 bits per heavy atom. The van der Waals surface area contributed by atoms with E-state index in [-0.39, 0.29) is 17.5 Å². The maximum atomic E-state index is 13.8. The average Bonchev–Trinajstić information content (AvgIpc) is 2.70. The standard InChI is InChI=1S/C12H13BrFNO2/c1-17-10-4-2-3-9(14)12(10)15-7-8(6-13)5-11(15)16/h2-4,8H,5-7H2,1H3. The van der Waals surface area contributed by atoms with Gasteiger partial charge >= 0.3 is 0 Å². The highest BCUT2D eigenvalue weighted by Gasteiger charge is 2.33. The third-order valence-corrected chi connectivity index (χ3v) is 3.78. The van der Waals surface area contributed by atoms with E-state index in [0.717, 1.165) is 5.33 Å². The molecule has 0 aromatic heterocycles. The van der Waals surface area contributed by atoms with Crippen LogP contribution in [0.4, 0.5) is 10.1 Å². The molecular formula is C12H13BrFNO2. The van der Waals surface area contributed by atoms with Crippen LogP contribution in [0, 0.1) is 11.7 Å². The number of hydrogen-bond donors (Lipinski definition) is 0. The van der Waals surface area contributed by atoms with Crippen molar-refractivity contribution >= 4 is 27.5 Å². The molecule has 1 unspecified atom stereocenters. The highest BCUT2D eigenvalue weighted by Crippen LogP contribution is 2.35. The highest BCUT2D eigenvalue weighted by atomic mass is 79.9. The van der Waals surface area contributed by atoms with E-state index in [2.05, 4.69) is 15.9 Å².